The summed E-state index contributed by atoms with van der Waals surface area (Å²) in [4.78, 5) is 0. The lowest BCUT2D eigenvalue weighted by Gasteiger charge is -2.18. The van der Waals surface area contributed by atoms with Crippen molar-refractivity contribution in [2.24, 2.45) is 0 Å². The average Bonchev–Trinajstić information content (AvgIpc) is 1.84. The highest BCUT2D eigenvalue weighted by atomic mass is 33.0. The molecule has 0 nitrogen and oxygen atoms in total. The fourth-order valence-corrected chi connectivity index (χ4v) is 33.2. The van der Waals surface area contributed by atoms with E-state index in [2.05, 4.69) is 35.7 Å². The Bertz CT molecular complexity index is 79.3. The van der Waals surface area contributed by atoms with Crippen molar-refractivity contribution in [2.75, 3.05) is 0 Å². The van der Waals surface area contributed by atoms with E-state index in [9.17, 15) is 0 Å². The maximum atomic E-state index is 7.75. The predicted molar refractivity (Wildman–Crippen MR) is 73.7 cm³/mol. The molecule has 0 saturated heterocycles. The molecule has 0 aromatic carbocycles. The van der Waals surface area contributed by atoms with Crippen LogP contribution in [-0.2, 0) is 0 Å². The van der Waals surface area contributed by atoms with Crippen molar-refractivity contribution < 1.29 is 0 Å². The molecule has 0 aromatic rings. The van der Waals surface area contributed by atoms with Gasteiger partial charge in [-0.1, -0.05) is 7.90 Å². The Kier molecular flexibility index (Phi) is 8.19. The van der Waals surface area contributed by atoms with Crippen molar-refractivity contribution >= 4 is 72.3 Å². The second-order valence-corrected chi connectivity index (χ2v) is 26.8. The van der Waals surface area contributed by atoms with Crippen molar-refractivity contribution in [1.29, 1.82) is 1.28 Å². The number of hydrogen-bond donors (Lipinski definition) is 0. The molecule has 7 atom stereocenters. The highest BCUT2D eigenvalue weighted by Gasteiger charge is 2.06. The van der Waals surface area contributed by atoms with Crippen LogP contribution in [0.1, 0.15) is 0 Å². The molecule has 0 aliphatic rings. The second-order valence-electron chi connectivity index (χ2n) is 1.17. The molecule has 9 heavy (non-hydrogen) atoms. The van der Waals surface area contributed by atoms with Crippen LogP contribution in [0.5, 0.6) is 0 Å². The van der Waals surface area contributed by atoms with Gasteiger partial charge in [0.25, 0.3) is 0 Å². The molecule has 0 fully saturated rings. The standard InChI is InChI=1S/BH9P8/c1-7(2)9(5)6-8(3)4/h6H,2-5H2/i6T. The van der Waals surface area contributed by atoms with Gasteiger partial charge in [-0.05, 0) is 14.0 Å². The normalized spacial score (nSPS) is 23.0. The lowest BCUT2D eigenvalue weighted by molar-refractivity contribution is 4.67. The van der Waals surface area contributed by atoms with E-state index in [4.69, 9.17) is 8.84 Å². The van der Waals surface area contributed by atoms with E-state index in [1.165, 1.54) is 0 Å². The molecule has 0 heterocycles. The van der Waals surface area contributed by atoms with Crippen molar-refractivity contribution in [1.82, 2.24) is 0 Å². The Labute approximate surface area is 73.8 Å². The van der Waals surface area contributed by atoms with Crippen molar-refractivity contribution in [2.45, 2.75) is 0 Å². The molecular formula is H9BP8. The van der Waals surface area contributed by atoms with Gasteiger partial charge in [0, 0.05) is 0 Å². The SMILES string of the molecule is [3H]P(P(P)P)P(P)P([B])P. The minimum Gasteiger partial charge on any atom is -0.117 e. The van der Waals surface area contributed by atoms with Gasteiger partial charge in [-0.15, -0.1) is 42.9 Å². The summed E-state index contributed by atoms with van der Waals surface area (Å²) in [5.41, 5.74) is 0. The zero-order chi connectivity index (χ0) is 8.31. The second kappa shape index (κ2) is 6.96. The molecule has 0 N–H and O–H groups in total. The van der Waals surface area contributed by atoms with Crippen LogP contribution in [0.15, 0.2) is 0 Å². The number of rotatable bonds is 3. The summed E-state index contributed by atoms with van der Waals surface area (Å²) in [6.45, 7) is -0.537. The predicted octanol–water partition coefficient (Wildman–Crippen LogP) is 4.10. The van der Waals surface area contributed by atoms with E-state index < -0.39 is 15.1 Å². The van der Waals surface area contributed by atoms with Crippen LogP contribution in [0.2, 0.25) is 0 Å². The summed E-state index contributed by atoms with van der Waals surface area (Å²) in [6.07, 6.45) is 0. The first-order valence-corrected chi connectivity index (χ1v) is 15.5. The van der Waals surface area contributed by atoms with E-state index in [0.29, 0.717) is 0 Å². The van der Waals surface area contributed by atoms with Crippen LogP contribution < -0.4 is 0 Å². The summed E-state index contributed by atoms with van der Waals surface area (Å²) in [5, 5.41) is 0. The molecule has 0 aliphatic carbocycles. The molecule has 52 valence electrons. The Morgan fingerprint density at radius 1 is 1.33 bits per heavy atom. The van der Waals surface area contributed by atoms with Gasteiger partial charge in [0.1, 0.15) is 7.57 Å². The van der Waals surface area contributed by atoms with Crippen molar-refractivity contribution in [3.8, 4) is 0 Å². The molecule has 0 rings (SSSR count). The Hall–Kier alpha value is 3.50. The smallest absolute Gasteiger partial charge is 0.117 e. The maximum absolute atomic E-state index is 7.75. The summed E-state index contributed by atoms with van der Waals surface area (Å²) in [6, 6.07) is 0. The van der Waals surface area contributed by atoms with Crippen LogP contribution in [0.25, 0.3) is 0 Å². The Morgan fingerprint density at radius 2 is 1.78 bits per heavy atom. The molecule has 0 amide bonds. The van der Waals surface area contributed by atoms with Crippen LogP contribution in [0.4, 0.5) is 0 Å². The highest BCUT2D eigenvalue weighted by molar-refractivity contribution is 9.01. The van der Waals surface area contributed by atoms with Gasteiger partial charge in [0.05, 0.1) is 1.28 Å². The Balaban J connectivity index is 3.81. The molecule has 0 aromatic heterocycles. The summed E-state index contributed by atoms with van der Waals surface area (Å²) in [5.74, 6) is 0. The van der Waals surface area contributed by atoms with Gasteiger partial charge in [-0.2, -0.15) is 0 Å². The van der Waals surface area contributed by atoms with E-state index in [1.54, 1.807) is 0 Å². The van der Waals surface area contributed by atoms with Crippen LogP contribution in [0, 0.1) is 0 Å². The minimum absolute atomic E-state index is 0.238. The van der Waals surface area contributed by atoms with E-state index in [1.807, 2.05) is 0 Å². The van der Waals surface area contributed by atoms with Gasteiger partial charge in [-0.25, -0.2) is 0 Å². The molecule has 0 saturated carbocycles. The fraction of sp³-hybridized carbons (Fsp3) is 0. The first kappa shape index (κ1) is 10.6. The molecule has 2 radical (unpaired) electrons. The summed E-state index contributed by atoms with van der Waals surface area (Å²) < 4.78 is 7.75. The lowest BCUT2D eigenvalue weighted by Crippen LogP contribution is -1.40. The zero-order valence-corrected chi connectivity index (χ0v) is 12.9. The zero-order valence-electron chi connectivity index (χ0n) is 5.68. The third kappa shape index (κ3) is 7.85. The quantitative estimate of drug-likeness (QED) is 0.534. The van der Waals surface area contributed by atoms with E-state index >= 15 is 0 Å². The highest BCUT2D eigenvalue weighted by Crippen LogP contribution is 2.95. The molecule has 7 unspecified atom stereocenters. The Morgan fingerprint density at radius 3 is 1.89 bits per heavy atom. The maximum Gasteiger partial charge on any atom is 0.121 e. The molecule has 9 heteroatoms. The molecule has 0 bridgehead atoms. The third-order valence-corrected chi connectivity index (χ3v) is 28.6. The first-order valence-electron chi connectivity index (χ1n) is 2.34. The van der Waals surface area contributed by atoms with E-state index in [0.717, 1.165) is 0 Å². The minimum atomic E-state index is -0.589. The van der Waals surface area contributed by atoms with E-state index in [-0.39, 0.29) is 14.0 Å². The molecule has 0 aliphatic heterocycles. The van der Waals surface area contributed by atoms with Gasteiger partial charge in [-0.3, -0.25) is 0 Å². The summed E-state index contributed by atoms with van der Waals surface area (Å²) >= 11 is 0. The third-order valence-electron chi connectivity index (χ3n) is 0.432. The van der Waals surface area contributed by atoms with Gasteiger partial charge in [0.2, 0.25) is 0 Å². The van der Waals surface area contributed by atoms with Crippen molar-refractivity contribution in [3.63, 3.8) is 0 Å². The lowest BCUT2D eigenvalue weighted by atomic mass is 10.8. The van der Waals surface area contributed by atoms with Crippen LogP contribution in [0.3, 0.4) is 0 Å². The molecular weight excluding hydrogens is 259 g/mol. The summed E-state index contributed by atoms with van der Waals surface area (Å²) in [7, 11) is 15.4. The average molecular weight is 270 g/mol. The largest absolute Gasteiger partial charge is 0.121 e. The monoisotopic (exact) mass is 270 g/mol. The van der Waals surface area contributed by atoms with Crippen LogP contribution >= 0.6 is 64.8 Å². The van der Waals surface area contributed by atoms with Gasteiger partial charge in [0.15, 0.2) is 0 Å². The van der Waals surface area contributed by atoms with Gasteiger partial charge >= 0.3 is 0 Å². The van der Waals surface area contributed by atoms with Crippen molar-refractivity contribution in [3.05, 3.63) is 0 Å². The molecule has 0 spiro atoms. The van der Waals surface area contributed by atoms with Crippen LogP contribution in [-0.4, -0.2) is 8.84 Å². The first-order chi connectivity index (χ1) is 4.46. The fourth-order valence-electron chi connectivity index (χ4n) is 0.152. The number of hydrogen-bond acceptors (Lipinski definition) is 0. The van der Waals surface area contributed by atoms with Gasteiger partial charge < -0.3 is 0 Å². The topological polar surface area (TPSA) is 0 Å².